The normalized spacial score (nSPS) is 17.1. The molecule has 28 heavy (non-hydrogen) atoms. The number of likely N-dealkylation sites (tertiary alicyclic amines) is 1. The number of carbonyl (C=O) groups is 1. The Kier molecular flexibility index (Phi) is 5.16. The summed E-state index contributed by atoms with van der Waals surface area (Å²) in [5.41, 5.74) is 3.40. The lowest BCUT2D eigenvalue weighted by atomic mass is 10.1. The zero-order chi connectivity index (χ0) is 19.5. The topological polar surface area (TPSA) is 102 Å². The first-order chi connectivity index (χ1) is 13.6. The summed E-state index contributed by atoms with van der Waals surface area (Å²) in [5, 5.41) is 14.9. The number of hydrogen-bond acceptors (Lipinski definition) is 7. The zero-order valence-electron chi connectivity index (χ0n) is 16.0. The fourth-order valence-corrected chi connectivity index (χ4v) is 3.59. The van der Waals surface area contributed by atoms with Gasteiger partial charge in [-0.25, -0.2) is 9.61 Å². The SMILES string of the molecule is CCn1cnc(NC(=O)c2cccc(CN3CCCC3c3nonc3C)c2)n1. The van der Waals surface area contributed by atoms with Gasteiger partial charge in [-0.05, 0) is 50.9 Å². The predicted octanol–water partition coefficient (Wildman–Crippen LogP) is 2.58. The molecule has 1 atom stereocenters. The number of benzene rings is 1. The standard InChI is InChI=1S/C19H23N7O2/c1-3-26-12-20-19(22-26)21-18(27)15-7-4-6-14(10-15)11-25-9-5-8-16(25)17-13(2)23-28-24-17/h4,6-7,10,12,16H,3,5,8-9,11H2,1-2H3,(H,21,22,27). The molecular formula is C19H23N7O2. The van der Waals surface area contributed by atoms with E-state index in [0.29, 0.717) is 18.1 Å². The Labute approximate surface area is 162 Å². The van der Waals surface area contributed by atoms with Crippen molar-refractivity contribution < 1.29 is 9.42 Å². The Morgan fingerprint density at radius 1 is 1.36 bits per heavy atom. The lowest BCUT2D eigenvalue weighted by Gasteiger charge is -2.23. The molecule has 4 rings (SSSR count). The number of aromatic nitrogens is 5. The molecule has 0 bridgehead atoms. The van der Waals surface area contributed by atoms with Gasteiger partial charge in [0.1, 0.15) is 17.7 Å². The van der Waals surface area contributed by atoms with Gasteiger partial charge in [0.05, 0.1) is 6.04 Å². The summed E-state index contributed by atoms with van der Waals surface area (Å²) in [5.74, 6) is 0.0936. The molecule has 1 unspecified atom stereocenters. The molecule has 9 heteroatoms. The van der Waals surface area contributed by atoms with E-state index < -0.39 is 0 Å². The van der Waals surface area contributed by atoms with Crippen LogP contribution in [0, 0.1) is 6.92 Å². The Hall–Kier alpha value is -3.07. The first-order valence-electron chi connectivity index (χ1n) is 9.47. The van der Waals surface area contributed by atoms with Gasteiger partial charge in [0.2, 0.25) is 5.95 Å². The summed E-state index contributed by atoms with van der Waals surface area (Å²) < 4.78 is 6.55. The van der Waals surface area contributed by atoms with E-state index in [2.05, 4.69) is 30.6 Å². The highest BCUT2D eigenvalue weighted by Crippen LogP contribution is 2.33. The van der Waals surface area contributed by atoms with Gasteiger partial charge < -0.3 is 0 Å². The number of rotatable bonds is 6. The summed E-state index contributed by atoms with van der Waals surface area (Å²) in [6.45, 7) is 6.30. The van der Waals surface area contributed by atoms with Crippen LogP contribution in [-0.2, 0) is 13.1 Å². The maximum absolute atomic E-state index is 12.6. The summed E-state index contributed by atoms with van der Waals surface area (Å²) in [6.07, 6.45) is 3.73. The van der Waals surface area contributed by atoms with E-state index >= 15 is 0 Å². The molecule has 1 aliphatic rings. The van der Waals surface area contributed by atoms with Crippen molar-refractivity contribution in [3.05, 3.63) is 53.1 Å². The van der Waals surface area contributed by atoms with E-state index in [1.807, 2.05) is 32.0 Å². The number of amides is 1. The molecule has 3 aromatic rings. The quantitative estimate of drug-likeness (QED) is 0.700. The van der Waals surface area contributed by atoms with Crippen LogP contribution in [0.2, 0.25) is 0 Å². The smallest absolute Gasteiger partial charge is 0.258 e. The van der Waals surface area contributed by atoms with Crippen LogP contribution in [-0.4, -0.2) is 42.4 Å². The Morgan fingerprint density at radius 2 is 2.25 bits per heavy atom. The molecule has 9 nitrogen and oxygen atoms in total. The third-order valence-electron chi connectivity index (χ3n) is 5.03. The number of carbonyl (C=O) groups excluding carboxylic acids is 1. The summed E-state index contributed by atoms with van der Waals surface area (Å²) >= 11 is 0. The number of aryl methyl sites for hydroxylation is 2. The second-order valence-corrected chi connectivity index (χ2v) is 6.94. The molecule has 1 N–H and O–H groups in total. The molecule has 0 spiro atoms. The second kappa shape index (κ2) is 7.89. The van der Waals surface area contributed by atoms with Crippen LogP contribution in [0.25, 0.3) is 0 Å². The molecule has 0 saturated carbocycles. The van der Waals surface area contributed by atoms with Crippen LogP contribution in [0.15, 0.2) is 35.2 Å². The van der Waals surface area contributed by atoms with Crippen molar-refractivity contribution in [3.8, 4) is 0 Å². The molecule has 3 heterocycles. The third-order valence-corrected chi connectivity index (χ3v) is 5.03. The van der Waals surface area contributed by atoms with Gasteiger partial charge in [-0.2, -0.15) is 0 Å². The Bertz CT molecular complexity index is 965. The first kappa shape index (κ1) is 18.3. The average molecular weight is 381 g/mol. The van der Waals surface area contributed by atoms with Gasteiger partial charge >= 0.3 is 0 Å². The molecule has 2 aromatic heterocycles. The van der Waals surface area contributed by atoms with E-state index in [4.69, 9.17) is 4.63 Å². The highest BCUT2D eigenvalue weighted by molar-refractivity contribution is 6.03. The monoisotopic (exact) mass is 381 g/mol. The largest absolute Gasteiger partial charge is 0.290 e. The summed E-state index contributed by atoms with van der Waals surface area (Å²) in [6, 6.07) is 7.84. The fraction of sp³-hybridized carbons (Fsp3) is 0.421. The first-order valence-corrected chi connectivity index (χ1v) is 9.47. The van der Waals surface area contributed by atoms with E-state index in [1.54, 1.807) is 17.1 Å². The molecule has 1 amide bonds. The number of nitrogens with one attached hydrogen (secondary N) is 1. The van der Waals surface area contributed by atoms with Gasteiger partial charge in [-0.3, -0.25) is 19.7 Å². The maximum atomic E-state index is 12.6. The van der Waals surface area contributed by atoms with Crippen LogP contribution < -0.4 is 5.32 Å². The number of hydrogen-bond donors (Lipinski definition) is 1. The lowest BCUT2D eigenvalue weighted by Crippen LogP contribution is -2.24. The second-order valence-electron chi connectivity index (χ2n) is 6.94. The van der Waals surface area contributed by atoms with Gasteiger partial charge in [-0.1, -0.05) is 22.4 Å². The predicted molar refractivity (Wildman–Crippen MR) is 102 cm³/mol. The lowest BCUT2D eigenvalue weighted by molar-refractivity contribution is 0.102. The molecule has 1 saturated heterocycles. The summed E-state index contributed by atoms with van der Waals surface area (Å²) in [7, 11) is 0. The molecule has 1 aliphatic heterocycles. The van der Waals surface area contributed by atoms with Gasteiger partial charge in [0.25, 0.3) is 5.91 Å². The van der Waals surface area contributed by atoms with E-state index in [-0.39, 0.29) is 11.9 Å². The third kappa shape index (κ3) is 3.79. The molecule has 0 aliphatic carbocycles. The van der Waals surface area contributed by atoms with Crippen LogP contribution in [0.3, 0.4) is 0 Å². The van der Waals surface area contributed by atoms with E-state index in [9.17, 15) is 4.79 Å². The minimum atomic E-state index is -0.217. The molecular weight excluding hydrogens is 358 g/mol. The molecule has 0 radical (unpaired) electrons. The zero-order valence-corrected chi connectivity index (χ0v) is 16.0. The van der Waals surface area contributed by atoms with Crippen molar-refractivity contribution in [2.24, 2.45) is 0 Å². The molecule has 146 valence electrons. The Morgan fingerprint density at radius 3 is 3.00 bits per heavy atom. The highest BCUT2D eigenvalue weighted by atomic mass is 16.6. The van der Waals surface area contributed by atoms with Crippen LogP contribution in [0.1, 0.15) is 53.1 Å². The minimum Gasteiger partial charge on any atom is -0.290 e. The fourth-order valence-electron chi connectivity index (χ4n) is 3.59. The van der Waals surface area contributed by atoms with Crippen LogP contribution >= 0.6 is 0 Å². The number of anilines is 1. The van der Waals surface area contributed by atoms with Crippen molar-refractivity contribution in [1.29, 1.82) is 0 Å². The maximum Gasteiger partial charge on any atom is 0.258 e. The van der Waals surface area contributed by atoms with Crippen LogP contribution in [0.5, 0.6) is 0 Å². The van der Waals surface area contributed by atoms with Crippen molar-refractivity contribution in [2.45, 2.75) is 45.8 Å². The van der Waals surface area contributed by atoms with Gasteiger partial charge in [-0.15, -0.1) is 5.10 Å². The summed E-state index contributed by atoms with van der Waals surface area (Å²) in [4.78, 5) is 19.0. The van der Waals surface area contributed by atoms with Crippen molar-refractivity contribution in [1.82, 2.24) is 30.0 Å². The van der Waals surface area contributed by atoms with Crippen LogP contribution in [0.4, 0.5) is 5.95 Å². The van der Waals surface area contributed by atoms with Crippen molar-refractivity contribution in [2.75, 3.05) is 11.9 Å². The van der Waals surface area contributed by atoms with E-state index in [0.717, 1.165) is 42.9 Å². The van der Waals surface area contributed by atoms with Gasteiger partial charge in [0, 0.05) is 18.7 Å². The van der Waals surface area contributed by atoms with E-state index in [1.165, 1.54) is 0 Å². The van der Waals surface area contributed by atoms with Gasteiger partial charge in [0.15, 0.2) is 0 Å². The molecule has 1 aromatic carbocycles. The number of nitrogens with zero attached hydrogens (tertiary/aromatic N) is 6. The molecule has 1 fully saturated rings. The van der Waals surface area contributed by atoms with Crippen molar-refractivity contribution >= 4 is 11.9 Å². The highest BCUT2D eigenvalue weighted by Gasteiger charge is 2.30. The minimum absolute atomic E-state index is 0.200. The average Bonchev–Trinajstić information content (AvgIpc) is 3.43. The Balaban J connectivity index is 1.46. The van der Waals surface area contributed by atoms with Crippen molar-refractivity contribution in [3.63, 3.8) is 0 Å².